The number of hydrogen-bond donors (Lipinski definition) is 1. The number of phenolic OH excluding ortho intramolecular Hbond substituents is 1. The number of phenols is 1. The van der Waals surface area contributed by atoms with Crippen LogP contribution in [0.5, 0.6) is 11.5 Å². The molecular weight excluding hydrogens is 369 g/mol. The molecule has 2 aromatic rings. The summed E-state index contributed by atoms with van der Waals surface area (Å²) in [6, 6.07) is 10.1. The van der Waals surface area contributed by atoms with E-state index in [9.17, 15) is 9.50 Å². The predicted molar refractivity (Wildman–Crippen MR) is 85.1 cm³/mol. The van der Waals surface area contributed by atoms with Crippen molar-refractivity contribution in [2.24, 2.45) is 0 Å². The van der Waals surface area contributed by atoms with Crippen LogP contribution < -0.4 is 15.3 Å². The molecule has 0 bridgehead atoms. The van der Waals surface area contributed by atoms with Gasteiger partial charge in [0.15, 0.2) is 0 Å². The minimum atomic E-state index is -0.556. The maximum atomic E-state index is 13.7. The Labute approximate surface area is 142 Å². The van der Waals surface area contributed by atoms with E-state index >= 15 is 0 Å². The number of ether oxygens (including phenoxy) is 1. The number of methoxy groups -OCH3 is 1. The van der Waals surface area contributed by atoms with Crippen LogP contribution in [0.1, 0.15) is 5.56 Å². The molecule has 0 spiro atoms. The Morgan fingerprint density at radius 2 is 1.81 bits per heavy atom. The molecule has 112 valence electrons. The van der Waals surface area contributed by atoms with E-state index in [4.69, 9.17) is 23.3 Å². The van der Waals surface area contributed by atoms with E-state index < -0.39 is 17.0 Å². The van der Waals surface area contributed by atoms with Gasteiger partial charge in [-0.3, -0.25) is 0 Å². The Bertz CT molecular complexity index is 599. The molecule has 1 atom stereocenters. The summed E-state index contributed by atoms with van der Waals surface area (Å²) in [5, 5.41) is 11.0. The number of rotatable bonds is 3. The first-order chi connectivity index (χ1) is 10.0. The molecule has 0 saturated carbocycles. The second kappa shape index (κ2) is 9.66. The van der Waals surface area contributed by atoms with Crippen LogP contribution >= 0.6 is 27.2 Å². The number of aryl methyl sites for hydroxylation is 1. The molecule has 2 nitrogen and oxygen atoms in total. The van der Waals surface area contributed by atoms with Crippen molar-refractivity contribution >= 4 is 37.8 Å². The number of halogens is 3. The first-order valence-corrected chi connectivity index (χ1v) is 11.2. The third-order valence-electron chi connectivity index (χ3n) is 2.60. The van der Waals surface area contributed by atoms with Gasteiger partial charge in [0.05, 0.1) is 7.11 Å². The van der Waals surface area contributed by atoms with E-state index in [1.54, 1.807) is 31.4 Å². The first kappa shape index (κ1) is 18.7. The van der Waals surface area contributed by atoms with E-state index in [1.165, 1.54) is 6.07 Å². The van der Waals surface area contributed by atoms with Crippen LogP contribution in [-0.2, 0) is 17.0 Å². The fourth-order valence-electron chi connectivity index (χ4n) is 1.61. The van der Waals surface area contributed by atoms with Gasteiger partial charge >= 0.3 is 35.6 Å². The van der Waals surface area contributed by atoms with Gasteiger partial charge in [-0.15, -0.1) is 0 Å². The van der Waals surface area contributed by atoms with Gasteiger partial charge in [-0.1, -0.05) is 20.7 Å². The van der Waals surface area contributed by atoms with E-state index in [0.29, 0.717) is 16.4 Å². The molecule has 21 heavy (non-hydrogen) atoms. The Kier molecular flexibility index (Phi) is 8.62. The summed E-state index contributed by atoms with van der Waals surface area (Å²) >= 11 is -0.556. The molecule has 1 N–H and O–H groups in total. The molecule has 0 heterocycles. The fourth-order valence-corrected chi connectivity index (χ4v) is 2.68. The van der Waals surface area contributed by atoms with Gasteiger partial charge in [-0.25, -0.2) is 4.39 Å². The second-order valence-electron chi connectivity index (χ2n) is 4.06. The van der Waals surface area contributed by atoms with Crippen LogP contribution in [0.25, 0.3) is 0 Å². The average molecular weight is 383 g/mol. The summed E-state index contributed by atoms with van der Waals surface area (Å²) in [7, 11) is 11.4. The molecule has 1 unspecified atom stereocenters. The third-order valence-corrected chi connectivity index (χ3v) is 3.94. The zero-order valence-corrected chi connectivity index (χ0v) is 15.5. The van der Waals surface area contributed by atoms with Gasteiger partial charge in [0.1, 0.15) is 17.3 Å². The molecule has 0 radical (unpaired) electrons. The Hall–Kier alpha value is -0.306. The number of aromatic hydroxyl groups is 1. The van der Waals surface area contributed by atoms with Crippen molar-refractivity contribution in [1.29, 1.82) is 0 Å². The quantitative estimate of drug-likeness (QED) is 0.645. The van der Waals surface area contributed by atoms with Gasteiger partial charge in [0.25, 0.3) is 0 Å². The van der Waals surface area contributed by atoms with Gasteiger partial charge < -0.3 is 9.84 Å². The summed E-state index contributed by atoms with van der Waals surface area (Å²) in [6.45, 7) is 1.85. The molecule has 0 saturated heterocycles. The van der Waals surface area contributed by atoms with Crippen molar-refractivity contribution in [2.75, 3.05) is 7.11 Å². The normalized spacial score (nSPS) is 10.1. The average Bonchev–Trinajstić information content (AvgIpc) is 2.45. The summed E-state index contributed by atoms with van der Waals surface area (Å²) in [5.74, 6) is 0.576. The SMILES string of the molecule is COc1ccc(O)c(Pc2ccc(C)cc2F)c1.[Cl][Ti][Cl]. The standard InChI is InChI=1S/C14H14FO2P.2ClH.Ti/c1-9-3-6-13(11(15)7-9)18-14-8-10(17-2)4-5-12(14)16;;;/h3-8,16,18H,1-2H3;2*1H;/q;;;+2/p-2. The molecule has 2 rings (SSSR count). The van der Waals surface area contributed by atoms with Crippen molar-refractivity contribution in [2.45, 2.75) is 6.92 Å². The van der Waals surface area contributed by atoms with Crippen molar-refractivity contribution in [3.63, 3.8) is 0 Å². The molecular formula is C14H14Cl2FO2PTi. The van der Waals surface area contributed by atoms with Crippen molar-refractivity contribution < 1.29 is 31.3 Å². The Morgan fingerprint density at radius 1 is 1.14 bits per heavy atom. The van der Waals surface area contributed by atoms with Crippen molar-refractivity contribution in [3.8, 4) is 11.5 Å². The predicted octanol–water partition coefficient (Wildman–Crippen LogP) is 3.85. The molecule has 0 aliphatic rings. The Balaban J connectivity index is 0.000000677. The fraction of sp³-hybridized carbons (Fsp3) is 0.143. The molecule has 0 fully saturated rings. The molecule has 0 aliphatic heterocycles. The summed E-state index contributed by atoms with van der Waals surface area (Å²) < 4.78 is 18.8. The Morgan fingerprint density at radius 3 is 2.38 bits per heavy atom. The first-order valence-electron chi connectivity index (χ1n) is 5.88. The van der Waals surface area contributed by atoms with Gasteiger partial charge in [0, 0.05) is 10.6 Å². The van der Waals surface area contributed by atoms with E-state index in [0.717, 1.165) is 5.56 Å². The van der Waals surface area contributed by atoms with Gasteiger partial charge in [0.2, 0.25) is 0 Å². The maximum absolute atomic E-state index is 13.7. The molecule has 7 heteroatoms. The summed E-state index contributed by atoms with van der Waals surface area (Å²) in [5.41, 5.74) is 0.885. The van der Waals surface area contributed by atoms with Crippen molar-refractivity contribution in [3.05, 3.63) is 47.8 Å². The van der Waals surface area contributed by atoms with Gasteiger partial charge in [-0.05, 0) is 36.8 Å². The summed E-state index contributed by atoms with van der Waals surface area (Å²) in [4.78, 5) is 0. The van der Waals surface area contributed by atoms with Crippen molar-refractivity contribution in [1.82, 2.24) is 0 Å². The molecule has 2 aromatic carbocycles. The van der Waals surface area contributed by atoms with Crippen LogP contribution in [0.4, 0.5) is 4.39 Å². The van der Waals surface area contributed by atoms with E-state index in [-0.39, 0.29) is 20.1 Å². The second-order valence-corrected chi connectivity index (χ2v) is 7.97. The van der Waals surface area contributed by atoms with E-state index in [1.807, 2.05) is 13.0 Å². The molecule has 0 amide bonds. The van der Waals surface area contributed by atoms with Gasteiger partial charge in [-0.2, -0.15) is 0 Å². The zero-order valence-electron chi connectivity index (χ0n) is 11.5. The topological polar surface area (TPSA) is 29.5 Å². The van der Waals surface area contributed by atoms with Crippen LogP contribution in [0.2, 0.25) is 0 Å². The monoisotopic (exact) mass is 382 g/mol. The molecule has 0 aromatic heterocycles. The van der Waals surface area contributed by atoms with E-state index in [2.05, 4.69) is 0 Å². The zero-order chi connectivity index (χ0) is 15.8. The number of hydrogen-bond acceptors (Lipinski definition) is 2. The molecule has 0 aliphatic carbocycles. The van der Waals surface area contributed by atoms with Crippen LogP contribution in [-0.4, -0.2) is 12.2 Å². The van der Waals surface area contributed by atoms with Crippen LogP contribution in [0.15, 0.2) is 36.4 Å². The van der Waals surface area contributed by atoms with Crippen LogP contribution in [0, 0.1) is 12.7 Å². The third kappa shape index (κ3) is 6.14. The summed E-state index contributed by atoms with van der Waals surface area (Å²) in [6.07, 6.45) is 0. The van der Waals surface area contributed by atoms with Crippen LogP contribution in [0.3, 0.4) is 0 Å². The minimum absolute atomic E-state index is 0.0652. The number of benzene rings is 2.